The molecule has 0 radical (unpaired) electrons. The summed E-state index contributed by atoms with van der Waals surface area (Å²) < 4.78 is 0. The van der Waals surface area contributed by atoms with Crippen LogP contribution in [0.25, 0.3) is 0 Å². The zero-order valence-electron chi connectivity index (χ0n) is 10.6. The largest absolute Gasteiger partial charge is 0.481 e. The summed E-state index contributed by atoms with van der Waals surface area (Å²) in [5.74, 6) is -1.36. The number of hydrogen-bond acceptors (Lipinski definition) is 3. The molecule has 3 N–H and O–H groups in total. The fourth-order valence-electron chi connectivity index (χ4n) is 2.23. The van der Waals surface area contributed by atoms with E-state index in [4.69, 9.17) is 10.8 Å². The van der Waals surface area contributed by atoms with Crippen molar-refractivity contribution in [2.24, 2.45) is 11.7 Å². The molecule has 0 aromatic rings. The molecule has 0 aliphatic carbocycles. The van der Waals surface area contributed by atoms with Gasteiger partial charge in [-0.2, -0.15) is 0 Å². The van der Waals surface area contributed by atoms with Gasteiger partial charge in [0, 0.05) is 13.1 Å². The predicted octanol–water partition coefficient (Wildman–Crippen LogP) is 0.827. The Balaban J connectivity index is 2.72. The normalized spacial score (nSPS) is 21.4. The molecule has 1 saturated heterocycles. The molecule has 5 heteroatoms. The van der Waals surface area contributed by atoms with Gasteiger partial charge in [-0.15, -0.1) is 0 Å². The average molecular weight is 242 g/mol. The van der Waals surface area contributed by atoms with E-state index in [2.05, 4.69) is 0 Å². The lowest BCUT2D eigenvalue weighted by molar-refractivity contribution is -0.147. The van der Waals surface area contributed by atoms with Crippen LogP contribution in [0.4, 0.5) is 0 Å². The van der Waals surface area contributed by atoms with Crippen LogP contribution >= 0.6 is 0 Å². The summed E-state index contributed by atoms with van der Waals surface area (Å²) in [7, 11) is 0. The van der Waals surface area contributed by atoms with Gasteiger partial charge in [-0.1, -0.05) is 13.8 Å². The molecule has 1 aliphatic rings. The number of carboxylic acids is 1. The minimum absolute atomic E-state index is 0.103. The van der Waals surface area contributed by atoms with Crippen molar-refractivity contribution in [2.75, 3.05) is 13.1 Å². The molecule has 1 heterocycles. The summed E-state index contributed by atoms with van der Waals surface area (Å²) in [5.41, 5.74) is 5.22. The van der Waals surface area contributed by atoms with Gasteiger partial charge in [0.2, 0.25) is 5.91 Å². The Morgan fingerprint density at radius 1 is 1.41 bits per heavy atom. The highest BCUT2D eigenvalue weighted by Crippen LogP contribution is 2.22. The molecule has 0 unspecified atom stereocenters. The second kappa shape index (κ2) is 5.49. The number of likely N-dealkylation sites (tertiary alicyclic amines) is 1. The van der Waals surface area contributed by atoms with E-state index in [1.165, 1.54) is 0 Å². The Kier molecular flexibility index (Phi) is 4.51. The van der Waals surface area contributed by atoms with Gasteiger partial charge in [-0.3, -0.25) is 9.59 Å². The van der Waals surface area contributed by atoms with Crippen LogP contribution in [0, 0.1) is 5.92 Å². The lowest BCUT2D eigenvalue weighted by atomic mass is 9.90. The fourth-order valence-corrected chi connectivity index (χ4v) is 2.23. The summed E-state index contributed by atoms with van der Waals surface area (Å²) in [6.45, 7) is 4.70. The number of piperidine rings is 1. The number of aliphatic carboxylic acids is 1. The molecule has 98 valence electrons. The number of carbonyl (C=O) groups excluding carboxylic acids is 1. The van der Waals surface area contributed by atoms with Crippen LogP contribution in [0.5, 0.6) is 0 Å². The molecule has 1 amide bonds. The highest BCUT2D eigenvalue weighted by atomic mass is 16.4. The first kappa shape index (κ1) is 14.0. The second-order valence-corrected chi connectivity index (χ2v) is 4.79. The van der Waals surface area contributed by atoms with Gasteiger partial charge >= 0.3 is 5.97 Å². The molecule has 0 spiro atoms. The maximum absolute atomic E-state index is 12.3. The van der Waals surface area contributed by atoms with Crippen molar-refractivity contribution in [1.29, 1.82) is 0 Å². The Hall–Kier alpha value is -1.10. The molecular formula is C12H22N2O3. The summed E-state index contributed by atoms with van der Waals surface area (Å²) in [5, 5.41) is 8.99. The third-order valence-electron chi connectivity index (χ3n) is 3.75. The van der Waals surface area contributed by atoms with E-state index in [0.29, 0.717) is 32.4 Å². The molecule has 1 aliphatic heterocycles. The number of hydrogen-bond donors (Lipinski definition) is 2. The first-order chi connectivity index (χ1) is 7.94. The Bertz CT molecular complexity index is 300. The number of amides is 1. The monoisotopic (exact) mass is 242 g/mol. The van der Waals surface area contributed by atoms with Crippen LogP contribution < -0.4 is 5.73 Å². The van der Waals surface area contributed by atoms with E-state index in [1.54, 1.807) is 4.90 Å². The summed E-state index contributed by atoms with van der Waals surface area (Å²) in [4.78, 5) is 24.8. The van der Waals surface area contributed by atoms with Gasteiger partial charge in [0.25, 0.3) is 0 Å². The Labute approximate surface area is 102 Å². The summed E-state index contributed by atoms with van der Waals surface area (Å²) in [6, 6.07) is 0. The molecule has 17 heavy (non-hydrogen) atoms. The molecule has 0 aromatic carbocycles. The Morgan fingerprint density at radius 2 is 2.00 bits per heavy atom. The molecule has 1 atom stereocenters. The van der Waals surface area contributed by atoms with Crippen molar-refractivity contribution in [1.82, 2.24) is 4.90 Å². The van der Waals surface area contributed by atoms with E-state index in [9.17, 15) is 9.59 Å². The summed E-state index contributed by atoms with van der Waals surface area (Å²) >= 11 is 0. The first-order valence-corrected chi connectivity index (χ1v) is 6.25. The van der Waals surface area contributed by atoms with E-state index in [0.717, 1.165) is 6.42 Å². The van der Waals surface area contributed by atoms with Crippen molar-refractivity contribution in [3.05, 3.63) is 0 Å². The van der Waals surface area contributed by atoms with Gasteiger partial charge in [-0.25, -0.2) is 0 Å². The lowest BCUT2D eigenvalue weighted by Crippen LogP contribution is -2.57. The van der Waals surface area contributed by atoms with Crippen LogP contribution in [-0.2, 0) is 9.59 Å². The van der Waals surface area contributed by atoms with Crippen LogP contribution in [0.3, 0.4) is 0 Å². The minimum atomic E-state index is -0.833. The Morgan fingerprint density at radius 3 is 2.47 bits per heavy atom. The van der Waals surface area contributed by atoms with Gasteiger partial charge in [0.1, 0.15) is 0 Å². The first-order valence-electron chi connectivity index (χ1n) is 6.25. The number of carboxylic acid groups (broad SMARTS) is 1. The number of nitrogens with zero attached hydrogens (tertiary/aromatic N) is 1. The molecule has 0 bridgehead atoms. The van der Waals surface area contributed by atoms with E-state index in [1.807, 2.05) is 13.8 Å². The number of carbonyl (C=O) groups is 2. The molecule has 5 nitrogen and oxygen atoms in total. The van der Waals surface area contributed by atoms with E-state index in [-0.39, 0.29) is 5.91 Å². The fraction of sp³-hybridized carbons (Fsp3) is 0.833. The van der Waals surface area contributed by atoms with Crippen molar-refractivity contribution in [3.8, 4) is 0 Å². The predicted molar refractivity (Wildman–Crippen MR) is 64.4 cm³/mol. The highest BCUT2D eigenvalue weighted by molar-refractivity contribution is 5.86. The smallest absolute Gasteiger partial charge is 0.308 e. The van der Waals surface area contributed by atoms with Crippen LogP contribution in [0.1, 0.15) is 39.5 Å². The third-order valence-corrected chi connectivity index (χ3v) is 3.75. The molecule has 0 saturated carbocycles. The van der Waals surface area contributed by atoms with Crippen molar-refractivity contribution in [2.45, 2.75) is 45.1 Å². The molecule has 1 rings (SSSR count). The molecular weight excluding hydrogens is 220 g/mol. The zero-order valence-corrected chi connectivity index (χ0v) is 10.6. The molecule has 1 fully saturated rings. The zero-order chi connectivity index (χ0) is 13.1. The molecule has 0 aromatic heterocycles. The maximum atomic E-state index is 12.3. The van der Waals surface area contributed by atoms with Crippen LogP contribution in [0.15, 0.2) is 0 Å². The minimum Gasteiger partial charge on any atom is -0.481 e. The number of nitrogens with two attached hydrogens (primary N) is 1. The second-order valence-electron chi connectivity index (χ2n) is 4.79. The van der Waals surface area contributed by atoms with E-state index < -0.39 is 17.4 Å². The van der Waals surface area contributed by atoms with E-state index >= 15 is 0 Å². The van der Waals surface area contributed by atoms with Crippen LogP contribution in [0.2, 0.25) is 0 Å². The van der Waals surface area contributed by atoms with Crippen molar-refractivity contribution >= 4 is 11.9 Å². The van der Waals surface area contributed by atoms with Gasteiger partial charge in [0.15, 0.2) is 0 Å². The van der Waals surface area contributed by atoms with Crippen LogP contribution in [-0.4, -0.2) is 40.5 Å². The van der Waals surface area contributed by atoms with Crippen molar-refractivity contribution in [3.63, 3.8) is 0 Å². The van der Waals surface area contributed by atoms with Gasteiger partial charge in [-0.05, 0) is 25.7 Å². The SMILES string of the molecule is CCC(N)(CC)C(=O)N1CCC[C@@H](C(=O)O)C1. The third kappa shape index (κ3) is 2.97. The topological polar surface area (TPSA) is 83.6 Å². The average Bonchev–Trinajstić information content (AvgIpc) is 2.37. The maximum Gasteiger partial charge on any atom is 0.308 e. The summed E-state index contributed by atoms with van der Waals surface area (Å²) in [6.07, 6.45) is 2.55. The lowest BCUT2D eigenvalue weighted by Gasteiger charge is -2.37. The standard InChI is InChI=1S/C12H22N2O3/c1-3-12(13,4-2)11(17)14-7-5-6-9(8-14)10(15)16/h9H,3-8,13H2,1-2H3,(H,15,16)/t9-/m1/s1. The quantitative estimate of drug-likeness (QED) is 0.764. The number of rotatable bonds is 4. The van der Waals surface area contributed by atoms with Crippen molar-refractivity contribution < 1.29 is 14.7 Å². The highest BCUT2D eigenvalue weighted by Gasteiger charge is 2.37. The van der Waals surface area contributed by atoms with Gasteiger partial charge in [0.05, 0.1) is 11.5 Å². The van der Waals surface area contributed by atoms with Gasteiger partial charge < -0.3 is 15.7 Å².